The van der Waals surface area contributed by atoms with E-state index in [4.69, 9.17) is 4.74 Å². The highest BCUT2D eigenvalue weighted by Gasteiger charge is 2.18. The molecule has 0 bridgehead atoms. The minimum atomic E-state index is -1.14. The van der Waals surface area contributed by atoms with Crippen LogP contribution in [0.15, 0.2) is 59.8 Å². The zero-order chi connectivity index (χ0) is 17.8. The summed E-state index contributed by atoms with van der Waals surface area (Å²) in [5.41, 5.74) is 1.71. The van der Waals surface area contributed by atoms with Gasteiger partial charge < -0.3 is 14.6 Å². The molecule has 0 unspecified atom stereocenters. The molecular weight excluding hydrogens is 338 g/mol. The number of aliphatic carboxylic acids is 1. The number of carbonyl (C=O) groups is 1. The summed E-state index contributed by atoms with van der Waals surface area (Å²) in [6.45, 7) is 1.57. The van der Waals surface area contributed by atoms with Gasteiger partial charge in [-0.25, -0.2) is 0 Å². The minimum Gasteiger partial charge on any atom is -0.549 e. The molecule has 128 valence electrons. The zero-order valence-corrected chi connectivity index (χ0v) is 14.6. The summed E-state index contributed by atoms with van der Waals surface area (Å²) in [4.78, 5) is 11.1. The van der Waals surface area contributed by atoms with E-state index in [2.05, 4.69) is 10.2 Å². The summed E-state index contributed by atoms with van der Waals surface area (Å²) in [5, 5.41) is 19.3. The minimum absolute atomic E-state index is 0.494. The molecule has 0 radical (unpaired) electrons. The van der Waals surface area contributed by atoms with E-state index in [1.54, 1.807) is 14.0 Å². The van der Waals surface area contributed by atoms with E-state index in [1.807, 2.05) is 59.2 Å². The molecule has 1 heterocycles. The Hall–Kier alpha value is -2.80. The van der Waals surface area contributed by atoms with Crippen LogP contribution in [0.1, 0.15) is 6.92 Å². The van der Waals surface area contributed by atoms with Crippen molar-refractivity contribution in [3.63, 3.8) is 0 Å². The standard InChI is InChI=1S/C18H17N3O3S/c1-12(17(22)23)25-18-20-19-16(13-8-10-15(24-2)11-9-13)21(18)14-6-4-3-5-7-14/h3-12H,1-2H3,(H,22,23)/p-1/t12-/m0/s1. The summed E-state index contributed by atoms with van der Waals surface area (Å²) in [5.74, 6) is 0.232. The first-order valence-electron chi connectivity index (χ1n) is 7.63. The van der Waals surface area contributed by atoms with Gasteiger partial charge in [-0.2, -0.15) is 0 Å². The SMILES string of the molecule is COc1ccc(-c2nnc(S[C@@H](C)C(=O)[O-])n2-c2ccccc2)cc1. The van der Waals surface area contributed by atoms with E-state index in [0.717, 1.165) is 28.8 Å². The third-order valence-corrected chi connectivity index (χ3v) is 4.63. The van der Waals surface area contributed by atoms with E-state index in [0.29, 0.717) is 11.0 Å². The lowest BCUT2D eigenvalue weighted by atomic mass is 10.2. The Bertz CT molecular complexity index is 863. The number of thioether (sulfide) groups is 1. The van der Waals surface area contributed by atoms with Gasteiger partial charge >= 0.3 is 0 Å². The molecule has 0 fully saturated rings. The van der Waals surface area contributed by atoms with Crippen LogP contribution in [-0.2, 0) is 4.79 Å². The van der Waals surface area contributed by atoms with Crippen molar-refractivity contribution < 1.29 is 14.6 Å². The Morgan fingerprint density at radius 2 is 1.80 bits per heavy atom. The molecule has 3 aromatic rings. The Morgan fingerprint density at radius 3 is 2.40 bits per heavy atom. The fourth-order valence-electron chi connectivity index (χ4n) is 2.29. The number of carboxylic acid groups (broad SMARTS) is 1. The molecule has 0 aliphatic carbocycles. The second-order valence-electron chi connectivity index (χ2n) is 5.28. The lowest BCUT2D eigenvalue weighted by molar-refractivity contribution is -0.304. The molecule has 1 atom stereocenters. The first kappa shape index (κ1) is 17.0. The number of hydrogen-bond donors (Lipinski definition) is 0. The first-order valence-corrected chi connectivity index (χ1v) is 8.51. The first-order chi connectivity index (χ1) is 12.1. The van der Waals surface area contributed by atoms with E-state index in [1.165, 1.54) is 0 Å². The Morgan fingerprint density at radius 1 is 1.12 bits per heavy atom. The molecule has 1 aromatic heterocycles. The van der Waals surface area contributed by atoms with Crippen molar-refractivity contribution in [2.45, 2.75) is 17.3 Å². The van der Waals surface area contributed by atoms with Crippen LogP contribution in [-0.4, -0.2) is 33.1 Å². The predicted molar refractivity (Wildman–Crippen MR) is 93.7 cm³/mol. The fourth-order valence-corrected chi connectivity index (χ4v) is 3.09. The number of para-hydroxylation sites is 1. The number of carboxylic acids is 1. The summed E-state index contributed by atoms with van der Waals surface area (Å²) in [6, 6.07) is 17.0. The van der Waals surface area contributed by atoms with Crippen LogP contribution in [0.4, 0.5) is 0 Å². The molecule has 3 rings (SSSR count). The largest absolute Gasteiger partial charge is 0.549 e. The Kier molecular flexibility index (Phi) is 5.04. The van der Waals surface area contributed by atoms with Gasteiger partial charge in [0.25, 0.3) is 0 Å². The van der Waals surface area contributed by atoms with Gasteiger partial charge in [0, 0.05) is 16.5 Å². The quantitative estimate of drug-likeness (QED) is 0.631. The third kappa shape index (κ3) is 3.66. The Labute approximate surface area is 149 Å². The van der Waals surface area contributed by atoms with Crippen LogP contribution in [0.25, 0.3) is 17.1 Å². The average molecular weight is 354 g/mol. The third-order valence-electron chi connectivity index (χ3n) is 3.61. The molecular formula is C18H16N3O3S-. The molecule has 0 N–H and O–H groups in total. The number of ether oxygens (including phenoxy) is 1. The summed E-state index contributed by atoms with van der Waals surface area (Å²) >= 11 is 1.10. The van der Waals surface area contributed by atoms with Crippen LogP contribution in [0.5, 0.6) is 5.75 Å². The molecule has 0 amide bonds. The second kappa shape index (κ2) is 7.40. The van der Waals surface area contributed by atoms with Crippen molar-refractivity contribution in [3.8, 4) is 22.8 Å². The second-order valence-corrected chi connectivity index (χ2v) is 6.59. The van der Waals surface area contributed by atoms with Crippen LogP contribution < -0.4 is 9.84 Å². The Balaban J connectivity index is 2.08. The average Bonchev–Trinajstić information content (AvgIpc) is 3.06. The monoisotopic (exact) mass is 354 g/mol. The van der Waals surface area contributed by atoms with Gasteiger partial charge in [0.15, 0.2) is 11.0 Å². The summed E-state index contributed by atoms with van der Waals surface area (Å²) < 4.78 is 7.02. The van der Waals surface area contributed by atoms with Gasteiger partial charge in [-0.15, -0.1) is 10.2 Å². The van der Waals surface area contributed by atoms with Crippen LogP contribution >= 0.6 is 11.8 Å². The predicted octanol–water partition coefficient (Wildman–Crippen LogP) is 2.17. The molecule has 2 aromatic carbocycles. The molecule has 0 aliphatic rings. The topological polar surface area (TPSA) is 80.1 Å². The van der Waals surface area contributed by atoms with Crippen LogP contribution in [0.3, 0.4) is 0 Å². The number of benzene rings is 2. The zero-order valence-electron chi connectivity index (χ0n) is 13.7. The van der Waals surface area contributed by atoms with Gasteiger partial charge in [0.05, 0.1) is 13.1 Å². The van der Waals surface area contributed by atoms with Crippen molar-refractivity contribution in [1.82, 2.24) is 14.8 Å². The van der Waals surface area contributed by atoms with Gasteiger partial charge in [-0.1, -0.05) is 30.0 Å². The fraction of sp³-hybridized carbons (Fsp3) is 0.167. The molecule has 6 nitrogen and oxygen atoms in total. The maximum absolute atomic E-state index is 11.1. The maximum Gasteiger partial charge on any atom is 0.196 e. The van der Waals surface area contributed by atoms with E-state index in [-0.39, 0.29) is 0 Å². The number of carbonyl (C=O) groups excluding carboxylic acids is 1. The molecule has 25 heavy (non-hydrogen) atoms. The molecule has 7 heteroatoms. The lowest BCUT2D eigenvalue weighted by Gasteiger charge is -2.14. The van der Waals surface area contributed by atoms with Crippen LogP contribution in [0.2, 0.25) is 0 Å². The smallest absolute Gasteiger partial charge is 0.196 e. The highest BCUT2D eigenvalue weighted by atomic mass is 32.2. The number of rotatable bonds is 6. The maximum atomic E-state index is 11.1. The normalized spacial score (nSPS) is 11.9. The lowest BCUT2D eigenvalue weighted by Crippen LogP contribution is -2.31. The van der Waals surface area contributed by atoms with Gasteiger partial charge in [-0.05, 0) is 43.3 Å². The van der Waals surface area contributed by atoms with E-state index >= 15 is 0 Å². The summed E-state index contributed by atoms with van der Waals surface area (Å²) in [7, 11) is 1.61. The molecule has 0 spiro atoms. The van der Waals surface area contributed by atoms with Crippen molar-refractivity contribution in [2.75, 3.05) is 7.11 Å². The van der Waals surface area contributed by atoms with E-state index in [9.17, 15) is 9.90 Å². The van der Waals surface area contributed by atoms with Gasteiger partial charge in [-0.3, -0.25) is 4.57 Å². The molecule has 0 aliphatic heterocycles. The van der Waals surface area contributed by atoms with Crippen molar-refractivity contribution in [2.24, 2.45) is 0 Å². The van der Waals surface area contributed by atoms with Gasteiger partial charge in [0.2, 0.25) is 0 Å². The summed E-state index contributed by atoms with van der Waals surface area (Å²) in [6.07, 6.45) is 0. The van der Waals surface area contributed by atoms with E-state index < -0.39 is 11.2 Å². The van der Waals surface area contributed by atoms with Crippen molar-refractivity contribution in [1.29, 1.82) is 0 Å². The van der Waals surface area contributed by atoms with Gasteiger partial charge in [0.1, 0.15) is 5.75 Å². The molecule has 0 saturated heterocycles. The van der Waals surface area contributed by atoms with Crippen LogP contribution in [0, 0.1) is 0 Å². The number of hydrogen-bond acceptors (Lipinski definition) is 6. The number of methoxy groups -OCH3 is 1. The van der Waals surface area contributed by atoms with Crippen molar-refractivity contribution in [3.05, 3.63) is 54.6 Å². The van der Waals surface area contributed by atoms with Crippen molar-refractivity contribution >= 4 is 17.7 Å². The number of nitrogens with zero attached hydrogens (tertiary/aromatic N) is 3. The highest BCUT2D eigenvalue weighted by Crippen LogP contribution is 2.30. The molecule has 0 saturated carbocycles. The number of aromatic nitrogens is 3. The highest BCUT2D eigenvalue weighted by molar-refractivity contribution is 8.00.